The van der Waals surface area contributed by atoms with Gasteiger partial charge in [0.15, 0.2) is 0 Å². The maximum atomic E-state index is 13.2. The van der Waals surface area contributed by atoms with Gasteiger partial charge in [0, 0.05) is 31.9 Å². The molecule has 0 aromatic carbocycles. The van der Waals surface area contributed by atoms with Gasteiger partial charge in [0.05, 0.1) is 11.3 Å². The van der Waals surface area contributed by atoms with Gasteiger partial charge < -0.3 is 4.90 Å². The number of hydrogen-bond donors (Lipinski definition) is 0. The predicted molar refractivity (Wildman–Crippen MR) is 94.7 cm³/mol. The summed E-state index contributed by atoms with van der Waals surface area (Å²) in [7, 11) is 0. The van der Waals surface area contributed by atoms with E-state index in [1.165, 1.54) is 16.9 Å². The van der Waals surface area contributed by atoms with Crippen LogP contribution in [0.15, 0.2) is 29.2 Å². The molecule has 0 spiro atoms. The number of hydrogen-bond acceptors (Lipinski definition) is 4. The first-order valence-corrected chi connectivity index (χ1v) is 9.29. The fourth-order valence-electron chi connectivity index (χ4n) is 4.01. The van der Waals surface area contributed by atoms with Gasteiger partial charge in [0.25, 0.3) is 5.56 Å². The summed E-state index contributed by atoms with van der Waals surface area (Å²) in [6.45, 7) is 1.50. The highest BCUT2D eigenvalue weighted by atomic mass is 19.4. The summed E-state index contributed by atoms with van der Waals surface area (Å²) in [6.07, 6.45) is 1.26. The zero-order chi connectivity index (χ0) is 19.0. The quantitative estimate of drug-likeness (QED) is 0.824. The second-order valence-electron chi connectivity index (χ2n) is 7.29. The Morgan fingerprint density at radius 2 is 1.96 bits per heavy atom. The molecule has 0 N–H and O–H groups in total. The van der Waals surface area contributed by atoms with Gasteiger partial charge in [-0.25, -0.2) is 9.67 Å². The molecule has 3 heterocycles. The first-order valence-electron chi connectivity index (χ1n) is 9.29. The molecule has 2 aromatic rings. The molecule has 1 aliphatic carbocycles. The summed E-state index contributed by atoms with van der Waals surface area (Å²) in [5, 5.41) is 4.50. The molecule has 0 atom stereocenters. The van der Waals surface area contributed by atoms with E-state index in [1.807, 2.05) is 0 Å². The Morgan fingerprint density at radius 1 is 1.19 bits per heavy atom. The van der Waals surface area contributed by atoms with Gasteiger partial charge in [-0.05, 0) is 55.7 Å². The van der Waals surface area contributed by atoms with Crippen LogP contribution in [0.25, 0.3) is 0 Å². The minimum absolute atomic E-state index is 0.00345. The van der Waals surface area contributed by atoms with E-state index in [0.29, 0.717) is 32.5 Å². The lowest BCUT2D eigenvalue weighted by molar-refractivity contribution is -0.137. The molecule has 0 radical (unpaired) electrons. The number of piperidine rings is 1. The molecule has 8 heteroatoms. The molecule has 5 nitrogen and oxygen atoms in total. The SMILES string of the molecule is O=c1cc2c(nn1CC1CCN(c3ncccc3C(F)(F)F)CC1)CCC2. The fraction of sp³-hybridized carbons (Fsp3) is 0.526. The van der Waals surface area contributed by atoms with Crippen molar-refractivity contribution in [2.75, 3.05) is 18.0 Å². The van der Waals surface area contributed by atoms with E-state index in [4.69, 9.17) is 0 Å². The molecule has 144 valence electrons. The Morgan fingerprint density at radius 3 is 2.70 bits per heavy atom. The lowest BCUT2D eigenvalue weighted by Crippen LogP contribution is -2.38. The van der Waals surface area contributed by atoms with Crippen molar-refractivity contribution in [2.24, 2.45) is 5.92 Å². The molecule has 4 rings (SSSR count). The van der Waals surface area contributed by atoms with Crippen LogP contribution in [-0.4, -0.2) is 27.9 Å². The summed E-state index contributed by atoms with van der Waals surface area (Å²) in [5.41, 5.74) is 1.29. The van der Waals surface area contributed by atoms with Gasteiger partial charge in [-0.1, -0.05) is 0 Å². The molecule has 1 saturated heterocycles. The topological polar surface area (TPSA) is 51.0 Å². The van der Waals surface area contributed by atoms with Crippen LogP contribution in [0.2, 0.25) is 0 Å². The number of aryl methyl sites for hydroxylation is 2. The van der Waals surface area contributed by atoms with E-state index in [0.717, 1.165) is 36.6 Å². The predicted octanol–water partition coefficient (Wildman–Crippen LogP) is 3.06. The molecule has 2 aromatic heterocycles. The van der Waals surface area contributed by atoms with Crippen LogP contribution in [-0.2, 0) is 25.6 Å². The van der Waals surface area contributed by atoms with Crippen LogP contribution in [0.4, 0.5) is 19.0 Å². The Hall–Kier alpha value is -2.38. The zero-order valence-electron chi connectivity index (χ0n) is 14.9. The molecule has 0 bridgehead atoms. The minimum Gasteiger partial charge on any atom is -0.356 e. The standard InChI is InChI=1S/C19H21F3N4O/c20-19(21,22)15-4-2-8-23-18(15)25-9-6-13(7-10-25)12-26-17(27)11-14-3-1-5-16(14)24-26/h2,4,8,11,13H,1,3,5-7,9-10,12H2. The smallest absolute Gasteiger partial charge is 0.356 e. The zero-order valence-corrected chi connectivity index (χ0v) is 14.9. The Bertz CT molecular complexity index is 885. The number of rotatable bonds is 3. The number of nitrogens with zero attached hydrogens (tertiary/aromatic N) is 4. The van der Waals surface area contributed by atoms with Crippen LogP contribution in [0.3, 0.4) is 0 Å². The van der Waals surface area contributed by atoms with E-state index in [9.17, 15) is 18.0 Å². The van der Waals surface area contributed by atoms with Gasteiger partial charge >= 0.3 is 6.18 Å². The van der Waals surface area contributed by atoms with E-state index in [-0.39, 0.29) is 17.3 Å². The van der Waals surface area contributed by atoms with Crippen molar-refractivity contribution in [3.8, 4) is 0 Å². The van der Waals surface area contributed by atoms with Crippen molar-refractivity contribution < 1.29 is 13.2 Å². The lowest BCUT2D eigenvalue weighted by atomic mass is 9.96. The second-order valence-corrected chi connectivity index (χ2v) is 7.29. The van der Waals surface area contributed by atoms with Crippen LogP contribution in [0, 0.1) is 5.92 Å². The maximum absolute atomic E-state index is 13.2. The van der Waals surface area contributed by atoms with Crippen LogP contribution in [0.5, 0.6) is 0 Å². The number of halogens is 3. The highest BCUT2D eigenvalue weighted by Crippen LogP contribution is 2.36. The van der Waals surface area contributed by atoms with Crippen molar-refractivity contribution in [1.82, 2.24) is 14.8 Å². The van der Waals surface area contributed by atoms with Crippen molar-refractivity contribution in [1.29, 1.82) is 0 Å². The summed E-state index contributed by atoms with van der Waals surface area (Å²) in [6, 6.07) is 4.07. The van der Waals surface area contributed by atoms with Crippen LogP contribution >= 0.6 is 0 Å². The highest BCUT2D eigenvalue weighted by Gasteiger charge is 2.36. The minimum atomic E-state index is -4.41. The summed E-state index contributed by atoms with van der Waals surface area (Å²) in [4.78, 5) is 17.9. The van der Waals surface area contributed by atoms with Crippen LogP contribution < -0.4 is 10.5 Å². The van der Waals surface area contributed by atoms with E-state index in [1.54, 1.807) is 11.0 Å². The van der Waals surface area contributed by atoms with Gasteiger partial charge in [-0.3, -0.25) is 4.79 Å². The first-order chi connectivity index (χ1) is 12.9. The molecule has 1 fully saturated rings. The highest BCUT2D eigenvalue weighted by molar-refractivity contribution is 5.48. The Balaban J connectivity index is 1.44. The van der Waals surface area contributed by atoms with Gasteiger partial charge in [-0.15, -0.1) is 0 Å². The molecule has 27 heavy (non-hydrogen) atoms. The third kappa shape index (κ3) is 3.70. The molecular weight excluding hydrogens is 357 g/mol. The van der Waals surface area contributed by atoms with E-state index < -0.39 is 11.7 Å². The van der Waals surface area contributed by atoms with Gasteiger partial charge in [0.2, 0.25) is 0 Å². The summed E-state index contributed by atoms with van der Waals surface area (Å²) < 4.78 is 41.2. The second kappa shape index (κ2) is 6.98. The number of aromatic nitrogens is 3. The third-order valence-corrected chi connectivity index (χ3v) is 5.46. The van der Waals surface area contributed by atoms with Crippen molar-refractivity contribution >= 4 is 5.82 Å². The largest absolute Gasteiger partial charge is 0.419 e. The number of pyridine rings is 1. The Labute approximate surface area is 154 Å². The number of anilines is 1. The fourth-order valence-corrected chi connectivity index (χ4v) is 4.01. The molecule has 0 unspecified atom stereocenters. The Kier molecular flexibility index (Phi) is 4.65. The molecule has 1 aliphatic heterocycles. The van der Waals surface area contributed by atoms with Crippen molar-refractivity contribution in [3.05, 3.63) is 51.6 Å². The summed E-state index contributed by atoms with van der Waals surface area (Å²) in [5.74, 6) is 0.222. The monoisotopic (exact) mass is 378 g/mol. The molecule has 0 amide bonds. The average molecular weight is 378 g/mol. The van der Waals surface area contributed by atoms with Crippen molar-refractivity contribution in [2.45, 2.75) is 44.8 Å². The first kappa shape index (κ1) is 18.0. The molecule has 0 saturated carbocycles. The molecular formula is C19H21F3N4O. The lowest BCUT2D eigenvalue weighted by Gasteiger charge is -2.34. The van der Waals surface area contributed by atoms with Gasteiger partial charge in [0.1, 0.15) is 5.82 Å². The number of fused-ring (bicyclic) bond motifs is 1. The third-order valence-electron chi connectivity index (χ3n) is 5.46. The van der Waals surface area contributed by atoms with Gasteiger partial charge in [-0.2, -0.15) is 18.3 Å². The maximum Gasteiger partial charge on any atom is 0.419 e. The molecule has 2 aliphatic rings. The van der Waals surface area contributed by atoms with E-state index in [2.05, 4.69) is 10.1 Å². The van der Waals surface area contributed by atoms with Crippen LogP contribution in [0.1, 0.15) is 36.1 Å². The average Bonchev–Trinajstić information content (AvgIpc) is 3.09. The summed E-state index contributed by atoms with van der Waals surface area (Å²) >= 11 is 0. The van der Waals surface area contributed by atoms with Crippen molar-refractivity contribution in [3.63, 3.8) is 0 Å². The number of alkyl halides is 3. The van der Waals surface area contributed by atoms with E-state index >= 15 is 0 Å². The normalized spacial score (nSPS) is 18.0.